The second-order valence-corrected chi connectivity index (χ2v) is 6.49. The molecule has 1 aromatic carbocycles. The molecule has 18 heavy (non-hydrogen) atoms. The number of amides is 1. The van der Waals surface area contributed by atoms with Crippen molar-refractivity contribution in [2.45, 2.75) is 26.3 Å². The van der Waals surface area contributed by atoms with Crippen LogP contribution in [0.4, 0.5) is 0 Å². The number of nitrogens with one attached hydrogen (secondary N) is 1. The van der Waals surface area contributed by atoms with E-state index in [1.54, 1.807) is 18.2 Å². The van der Waals surface area contributed by atoms with Gasteiger partial charge in [-0.2, -0.15) is 0 Å². The van der Waals surface area contributed by atoms with Gasteiger partial charge in [-0.3, -0.25) is 4.79 Å². The molecule has 0 aromatic heterocycles. The van der Waals surface area contributed by atoms with Crippen molar-refractivity contribution >= 4 is 49.4 Å². The molecule has 5 heteroatoms. The van der Waals surface area contributed by atoms with Crippen molar-refractivity contribution in [3.63, 3.8) is 0 Å². The molecule has 0 aliphatic heterocycles. The molecule has 0 aliphatic carbocycles. The highest BCUT2D eigenvalue weighted by atomic mass is 79.9. The van der Waals surface area contributed by atoms with Crippen molar-refractivity contribution in [3.05, 3.63) is 33.3 Å². The van der Waals surface area contributed by atoms with Crippen molar-refractivity contribution in [1.82, 2.24) is 5.32 Å². The van der Waals surface area contributed by atoms with Crippen LogP contribution in [0.2, 0.25) is 5.02 Å². The summed E-state index contributed by atoms with van der Waals surface area (Å²) in [5, 5.41) is 4.30. The summed E-state index contributed by atoms with van der Waals surface area (Å²) in [5.74, 6) is 0.454. The number of carbonyl (C=O) groups excluding carboxylic acids is 1. The SMILES string of the molecule is CC(C)CC(CBr)NC(=O)c1ccc(Br)c(Cl)c1. The molecule has 100 valence electrons. The van der Waals surface area contributed by atoms with Crippen LogP contribution in [0.25, 0.3) is 0 Å². The highest BCUT2D eigenvalue weighted by Gasteiger charge is 2.14. The van der Waals surface area contributed by atoms with Crippen LogP contribution >= 0.6 is 43.5 Å². The molecular formula is C13H16Br2ClNO. The molecule has 1 unspecified atom stereocenters. The van der Waals surface area contributed by atoms with Crippen LogP contribution in [0.3, 0.4) is 0 Å². The zero-order chi connectivity index (χ0) is 13.7. The van der Waals surface area contributed by atoms with Gasteiger partial charge in [-0.05, 0) is 46.5 Å². The molecule has 1 atom stereocenters. The van der Waals surface area contributed by atoms with E-state index in [4.69, 9.17) is 11.6 Å². The zero-order valence-corrected chi connectivity index (χ0v) is 14.3. The van der Waals surface area contributed by atoms with Gasteiger partial charge in [0.1, 0.15) is 0 Å². The summed E-state index contributed by atoms with van der Waals surface area (Å²) >= 11 is 12.7. The second-order valence-electron chi connectivity index (χ2n) is 4.58. The highest BCUT2D eigenvalue weighted by molar-refractivity contribution is 9.10. The van der Waals surface area contributed by atoms with Crippen molar-refractivity contribution < 1.29 is 4.79 Å². The molecule has 2 nitrogen and oxygen atoms in total. The minimum Gasteiger partial charge on any atom is -0.348 e. The summed E-state index contributed by atoms with van der Waals surface area (Å²) in [7, 11) is 0. The van der Waals surface area contributed by atoms with Gasteiger partial charge in [0.15, 0.2) is 0 Å². The van der Waals surface area contributed by atoms with Gasteiger partial charge >= 0.3 is 0 Å². The number of alkyl halides is 1. The zero-order valence-electron chi connectivity index (χ0n) is 10.3. The Hall–Kier alpha value is -0.0600. The van der Waals surface area contributed by atoms with Gasteiger partial charge in [0.05, 0.1) is 5.02 Å². The van der Waals surface area contributed by atoms with E-state index in [2.05, 4.69) is 51.0 Å². The van der Waals surface area contributed by atoms with E-state index < -0.39 is 0 Å². The van der Waals surface area contributed by atoms with Crippen molar-refractivity contribution in [1.29, 1.82) is 0 Å². The van der Waals surface area contributed by atoms with Gasteiger partial charge in [-0.25, -0.2) is 0 Å². The molecule has 1 rings (SSSR count). The molecule has 1 amide bonds. The largest absolute Gasteiger partial charge is 0.348 e. The van der Waals surface area contributed by atoms with Crippen LogP contribution in [0, 0.1) is 5.92 Å². The number of hydrogen-bond donors (Lipinski definition) is 1. The Balaban J connectivity index is 2.71. The molecule has 0 saturated carbocycles. The van der Waals surface area contributed by atoms with Crippen LogP contribution in [0.15, 0.2) is 22.7 Å². The molecule has 1 N–H and O–H groups in total. The fourth-order valence-corrected chi connectivity index (χ4v) is 2.49. The molecule has 0 fully saturated rings. The Bertz CT molecular complexity index is 423. The van der Waals surface area contributed by atoms with Crippen molar-refractivity contribution in [2.75, 3.05) is 5.33 Å². The Morgan fingerprint density at radius 1 is 1.44 bits per heavy atom. The standard InChI is InChI=1S/C13H16Br2ClNO/c1-8(2)5-10(7-14)17-13(18)9-3-4-11(15)12(16)6-9/h3-4,6,8,10H,5,7H2,1-2H3,(H,17,18). The Labute approximate surface area is 130 Å². The Kier molecular flexibility index (Phi) is 6.67. The number of hydrogen-bond acceptors (Lipinski definition) is 1. The van der Waals surface area contributed by atoms with Crippen LogP contribution in [0.1, 0.15) is 30.6 Å². The van der Waals surface area contributed by atoms with E-state index in [1.807, 2.05) is 0 Å². The van der Waals surface area contributed by atoms with E-state index in [0.717, 1.165) is 16.2 Å². The van der Waals surface area contributed by atoms with Gasteiger partial charge in [-0.1, -0.05) is 41.4 Å². The number of halogens is 3. The fraction of sp³-hybridized carbons (Fsp3) is 0.462. The smallest absolute Gasteiger partial charge is 0.251 e. The quantitative estimate of drug-likeness (QED) is 0.721. The first kappa shape index (κ1) is 16.0. The first-order chi connectivity index (χ1) is 8.43. The summed E-state index contributed by atoms with van der Waals surface area (Å²) in [6.45, 7) is 4.27. The molecule has 0 bridgehead atoms. The Morgan fingerprint density at radius 3 is 2.61 bits per heavy atom. The lowest BCUT2D eigenvalue weighted by molar-refractivity contribution is 0.0937. The minimum atomic E-state index is -0.0884. The van der Waals surface area contributed by atoms with Gasteiger partial charge in [0, 0.05) is 21.4 Å². The third-order valence-corrected chi connectivity index (χ3v) is 4.47. The van der Waals surface area contributed by atoms with Gasteiger partial charge in [-0.15, -0.1) is 0 Å². The maximum absolute atomic E-state index is 12.1. The lowest BCUT2D eigenvalue weighted by atomic mass is 10.0. The topological polar surface area (TPSA) is 29.1 Å². The minimum absolute atomic E-state index is 0.0884. The molecule has 0 saturated heterocycles. The van der Waals surface area contributed by atoms with Crippen LogP contribution in [-0.4, -0.2) is 17.3 Å². The van der Waals surface area contributed by atoms with Gasteiger partial charge < -0.3 is 5.32 Å². The highest BCUT2D eigenvalue weighted by Crippen LogP contribution is 2.23. The number of rotatable bonds is 5. The summed E-state index contributed by atoms with van der Waals surface area (Å²) in [6.07, 6.45) is 0.946. The van der Waals surface area contributed by atoms with Crippen molar-refractivity contribution in [2.24, 2.45) is 5.92 Å². The van der Waals surface area contributed by atoms with Crippen LogP contribution < -0.4 is 5.32 Å². The predicted molar refractivity (Wildman–Crippen MR) is 83.7 cm³/mol. The normalized spacial score (nSPS) is 12.6. The fourth-order valence-electron chi connectivity index (χ4n) is 1.64. The van der Waals surface area contributed by atoms with E-state index in [-0.39, 0.29) is 11.9 Å². The predicted octanol–water partition coefficient (Wildman–Crippen LogP) is 4.64. The summed E-state index contributed by atoms with van der Waals surface area (Å²) in [4.78, 5) is 12.1. The number of carbonyl (C=O) groups is 1. The average molecular weight is 398 g/mol. The molecular weight excluding hydrogens is 381 g/mol. The lowest BCUT2D eigenvalue weighted by Crippen LogP contribution is -2.37. The number of benzene rings is 1. The molecule has 0 spiro atoms. The first-order valence-corrected chi connectivity index (χ1v) is 8.05. The maximum atomic E-state index is 12.1. The van der Waals surface area contributed by atoms with Gasteiger partial charge in [0.2, 0.25) is 0 Å². The van der Waals surface area contributed by atoms with Crippen LogP contribution in [-0.2, 0) is 0 Å². The molecule has 0 radical (unpaired) electrons. The first-order valence-electron chi connectivity index (χ1n) is 5.76. The Morgan fingerprint density at radius 2 is 2.11 bits per heavy atom. The summed E-state index contributed by atoms with van der Waals surface area (Å²) < 4.78 is 0.792. The van der Waals surface area contributed by atoms with E-state index in [1.165, 1.54) is 0 Å². The van der Waals surface area contributed by atoms with E-state index >= 15 is 0 Å². The summed E-state index contributed by atoms with van der Waals surface area (Å²) in [6, 6.07) is 5.34. The van der Waals surface area contributed by atoms with Crippen LogP contribution in [0.5, 0.6) is 0 Å². The monoisotopic (exact) mass is 395 g/mol. The lowest BCUT2D eigenvalue weighted by Gasteiger charge is -2.18. The summed E-state index contributed by atoms with van der Waals surface area (Å²) in [5.41, 5.74) is 0.581. The van der Waals surface area contributed by atoms with E-state index in [9.17, 15) is 4.79 Å². The average Bonchev–Trinajstić information content (AvgIpc) is 2.31. The van der Waals surface area contributed by atoms with Gasteiger partial charge in [0.25, 0.3) is 5.91 Å². The molecule has 1 aromatic rings. The van der Waals surface area contributed by atoms with E-state index in [0.29, 0.717) is 16.5 Å². The molecule has 0 aliphatic rings. The molecule has 0 heterocycles. The third kappa shape index (κ3) is 4.90. The third-order valence-electron chi connectivity index (χ3n) is 2.46. The maximum Gasteiger partial charge on any atom is 0.251 e. The van der Waals surface area contributed by atoms with Crippen molar-refractivity contribution in [3.8, 4) is 0 Å². The second kappa shape index (κ2) is 7.51.